The third kappa shape index (κ3) is 4.53. The van der Waals surface area contributed by atoms with Crippen molar-refractivity contribution in [1.29, 1.82) is 0 Å². The molecule has 0 saturated carbocycles. The topological polar surface area (TPSA) is 86.8 Å². The molecular formula is C26H26N2O5. The summed E-state index contributed by atoms with van der Waals surface area (Å²) in [5.41, 5.74) is 4.83. The smallest absolute Gasteiger partial charge is 0.339 e. The molecule has 1 aliphatic carbocycles. The number of pyridine rings is 1. The number of fused-ring (bicyclic) bond motifs is 2. The molecule has 0 fully saturated rings. The van der Waals surface area contributed by atoms with Crippen molar-refractivity contribution in [2.75, 3.05) is 27.9 Å². The number of hydrogen-bond donors (Lipinski definition) is 1. The molecule has 0 spiro atoms. The van der Waals surface area contributed by atoms with Gasteiger partial charge in [0.1, 0.15) is 0 Å². The lowest BCUT2D eigenvalue weighted by molar-refractivity contribution is -0.123. The van der Waals surface area contributed by atoms with Gasteiger partial charge in [0.25, 0.3) is 5.91 Å². The number of likely N-dealkylation sites (N-methyl/N-ethyl adjacent to an activating group) is 1. The highest BCUT2D eigenvalue weighted by atomic mass is 16.5. The predicted molar refractivity (Wildman–Crippen MR) is 126 cm³/mol. The standard InChI is InChI=1S/C26H26N2O5/c1-27-23(29)15-33-26(30)24-18-8-4-5-10-20(18)28-25-17(7-6-9-19(24)25)13-16-11-12-21(31-2)22(14-16)32-3/h4-5,8,10-14H,6-7,9,15H2,1-3H3,(H,27,29)/b17-13+. The lowest BCUT2D eigenvalue weighted by atomic mass is 9.86. The maximum absolute atomic E-state index is 13.1. The van der Waals surface area contributed by atoms with Gasteiger partial charge < -0.3 is 19.5 Å². The van der Waals surface area contributed by atoms with Crippen molar-refractivity contribution in [1.82, 2.24) is 10.3 Å². The second kappa shape index (κ2) is 9.73. The Balaban J connectivity index is 1.82. The molecule has 170 valence electrons. The second-order valence-corrected chi connectivity index (χ2v) is 7.72. The van der Waals surface area contributed by atoms with Crippen molar-refractivity contribution in [3.63, 3.8) is 0 Å². The van der Waals surface area contributed by atoms with Crippen LogP contribution in [0.5, 0.6) is 11.5 Å². The predicted octanol–water partition coefficient (Wildman–Crippen LogP) is 4.03. The van der Waals surface area contributed by atoms with Gasteiger partial charge in [0.05, 0.1) is 31.0 Å². The molecule has 1 amide bonds. The first-order chi connectivity index (χ1) is 16.0. The van der Waals surface area contributed by atoms with Crippen LogP contribution in [-0.4, -0.2) is 44.7 Å². The first-order valence-electron chi connectivity index (χ1n) is 10.8. The van der Waals surface area contributed by atoms with Crippen molar-refractivity contribution < 1.29 is 23.8 Å². The summed E-state index contributed by atoms with van der Waals surface area (Å²) in [7, 11) is 4.72. The van der Waals surface area contributed by atoms with E-state index in [1.807, 2.05) is 42.5 Å². The molecule has 7 nitrogen and oxygen atoms in total. The summed E-state index contributed by atoms with van der Waals surface area (Å²) < 4.78 is 16.1. The third-order valence-electron chi connectivity index (χ3n) is 5.74. The minimum atomic E-state index is -0.513. The average Bonchev–Trinajstić information content (AvgIpc) is 2.85. The third-order valence-corrected chi connectivity index (χ3v) is 5.74. The molecule has 1 aliphatic rings. The van der Waals surface area contributed by atoms with Gasteiger partial charge in [-0.2, -0.15) is 0 Å². The number of nitrogens with zero attached hydrogens (tertiary/aromatic N) is 1. The number of ether oxygens (including phenoxy) is 3. The van der Waals surface area contributed by atoms with E-state index in [-0.39, 0.29) is 12.5 Å². The molecule has 0 bridgehead atoms. The SMILES string of the molecule is CNC(=O)COC(=O)c1c2c(nc3ccccc13)/C(=C/c1ccc(OC)c(OC)c1)CCC2. The normalized spacial score (nSPS) is 14.0. The van der Waals surface area contributed by atoms with Gasteiger partial charge in [-0.15, -0.1) is 0 Å². The number of esters is 1. The van der Waals surface area contributed by atoms with Crippen LogP contribution in [0, 0.1) is 0 Å². The molecule has 1 heterocycles. The van der Waals surface area contributed by atoms with Gasteiger partial charge in [0, 0.05) is 12.4 Å². The number of carbonyl (C=O) groups excluding carboxylic acids is 2. The zero-order valence-corrected chi connectivity index (χ0v) is 18.9. The molecule has 7 heteroatoms. The van der Waals surface area contributed by atoms with Crippen LogP contribution in [0.1, 0.15) is 40.0 Å². The van der Waals surface area contributed by atoms with Crippen LogP contribution in [0.3, 0.4) is 0 Å². The summed E-state index contributed by atoms with van der Waals surface area (Å²) >= 11 is 0. The highest BCUT2D eigenvalue weighted by Gasteiger charge is 2.26. The summed E-state index contributed by atoms with van der Waals surface area (Å²) in [6.45, 7) is -0.324. The summed E-state index contributed by atoms with van der Waals surface area (Å²) in [6, 6.07) is 13.3. The minimum absolute atomic E-state index is 0.324. The average molecular weight is 447 g/mol. The molecular weight excluding hydrogens is 420 g/mol. The number of methoxy groups -OCH3 is 2. The van der Waals surface area contributed by atoms with Crippen molar-refractivity contribution in [2.45, 2.75) is 19.3 Å². The molecule has 0 aliphatic heterocycles. The van der Waals surface area contributed by atoms with Gasteiger partial charge in [0.2, 0.25) is 0 Å². The van der Waals surface area contributed by atoms with E-state index in [1.165, 1.54) is 7.05 Å². The number of allylic oxidation sites excluding steroid dienone is 1. The van der Waals surface area contributed by atoms with Crippen LogP contribution in [0.2, 0.25) is 0 Å². The fourth-order valence-corrected chi connectivity index (χ4v) is 4.13. The summed E-state index contributed by atoms with van der Waals surface area (Å²) in [5, 5.41) is 3.19. The van der Waals surface area contributed by atoms with E-state index in [2.05, 4.69) is 11.4 Å². The van der Waals surface area contributed by atoms with Gasteiger partial charge in [-0.05, 0) is 60.2 Å². The monoisotopic (exact) mass is 446 g/mol. The fourth-order valence-electron chi connectivity index (χ4n) is 4.13. The fraction of sp³-hybridized carbons (Fsp3) is 0.269. The number of hydrogen-bond acceptors (Lipinski definition) is 6. The van der Waals surface area contributed by atoms with Crippen molar-refractivity contribution in [3.8, 4) is 11.5 Å². The quantitative estimate of drug-likeness (QED) is 0.576. The van der Waals surface area contributed by atoms with Crippen molar-refractivity contribution >= 4 is 34.4 Å². The van der Waals surface area contributed by atoms with Crippen LogP contribution in [0.4, 0.5) is 0 Å². The Kier molecular flexibility index (Phi) is 6.58. The number of para-hydroxylation sites is 1. The molecule has 0 saturated heterocycles. The Bertz CT molecular complexity index is 1250. The highest BCUT2D eigenvalue weighted by Crippen LogP contribution is 2.37. The Morgan fingerprint density at radius 1 is 1.06 bits per heavy atom. The lowest BCUT2D eigenvalue weighted by Crippen LogP contribution is -2.26. The van der Waals surface area contributed by atoms with Gasteiger partial charge >= 0.3 is 5.97 Å². The molecule has 4 rings (SSSR count). The van der Waals surface area contributed by atoms with E-state index in [1.54, 1.807) is 14.2 Å². The highest BCUT2D eigenvalue weighted by molar-refractivity contribution is 6.07. The Labute approximate surface area is 192 Å². The number of rotatable bonds is 6. The van der Waals surface area contributed by atoms with Crippen molar-refractivity contribution in [2.24, 2.45) is 0 Å². The number of carbonyl (C=O) groups is 2. The number of nitrogens with one attached hydrogen (secondary N) is 1. The first-order valence-corrected chi connectivity index (χ1v) is 10.8. The van der Waals surface area contributed by atoms with Crippen LogP contribution in [0.15, 0.2) is 42.5 Å². The second-order valence-electron chi connectivity index (χ2n) is 7.72. The van der Waals surface area contributed by atoms with E-state index in [9.17, 15) is 9.59 Å². The first kappa shape index (κ1) is 22.3. The van der Waals surface area contributed by atoms with Crippen LogP contribution in [-0.2, 0) is 16.0 Å². The van der Waals surface area contributed by atoms with Crippen LogP contribution < -0.4 is 14.8 Å². The van der Waals surface area contributed by atoms with Gasteiger partial charge in [0.15, 0.2) is 18.1 Å². The van der Waals surface area contributed by atoms with Gasteiger partial charge in [-0.3, -0.25) is 4.79 Å². The molecule has 0 atom stereocenters. The van der Waals surface area contributed by atoms with E-state index < -0.39 is 5.97 Å². The molecule has 0 radical (unpaired) electrons. The van der Waals surface area contributed by atoms with Gasteiger partial charge in [-0.25, -0.2) is 9.78 Å². The van der Waals surface area contributed by atoms with Crippen LogP contribution >= 0.6 is 0 Å². The molecule has 3 aromatic rings. The van der Waals surface area contributed by atoms with Crippen LogP contribution in [0.25, 0.3) is 22.6 Å². The Morgan fingerprint density at radius 3 is 2.61 bits per heavy atom. The number of aromatic nitrogens is 1. The maximum atomic E-state index is 13.1. The molecule has 0 unspecified atom stereocenters. The lowest BCUT2D eigenvalue weighted by Gasteiger charge is -2.22. The largest absolute Gasteiger partial charge is 0.493 e. The van der Waals surface area contributed by atoms with E-state index in [4.69, 9.17) is 19.2 Å². The summed E-state index contributed by atoms with van der Waals surface area (Å²) in [5.74, 6) is 0.437. The molecule has 2 aromatic carbocycles. The van der Waals surface area contributed by atoms with E-state index in [0.717, 1.165) is 40.6 Å². The minimum Gasteiger partial charge on any atom is -0.493 e. The number of amides is 1. The number of benzene rings is 2. The Morgan fingerprint density at radius 2 is 1.85 bits per heavy atom. The van der Waals surface area contributed by atoms with Gasteiger partial charge in [-0.1, -0.05) is 24.3 Å². The zero-order chi connectivity index (χ0) is 23.4. The molecule has 1 aromatic heterocycles. The van der Waals surface area contributed by atoms with E-state index >= 15 is 0 Å². The molecule has 1 N–H and O–H groups in total. The Hall–Kier alpha value is -3.87. The summed E-state index contributed by atoms with van der Waals surface area (Å²) in [4.78, 5) is 29.6. The summed E-state index contributed by atoms with van der Waals surface area (Å²) in [6.07, 6.45) is 4.49. The van der Waals surface area contributed by atoms with Crippen molar-refractivity contribution in [3.05, 3.63) is 64.8 Å². The zero-order valence-electron chi connectivity index (χ0n) is 18.9. The van der Waals surface area contributed by atoms with E-state index in [0.29, 0.717) is 29.0 Å². The molecule has 33 heavy (non-hydrogen) atoms. The maximum Gasteiger partial charge on any atom is 0.339 e.